The van der Waals surface area contributed by atoms with E-state index in [1.807, 2.05) is 0 Å². The molecule has 1 aromatic carbocycles. The van der Waals surface area contributed by atoms with Crippen LogP contribution in [0.2, 0.25) is 0 Å². The highest BCUT2D eigenvalue weighted by Gasteiger charge is 2.17. The van der Waals surface area contributed by atoms with Crippen LogP contribution in [0.25, 0.3) is 0 Å². The minimum atomic E-state index is -3.74. The zero-order valence-electron chi connectivity index (χ0n) is 11.4. The highest BCUT2D eigenvalue weighted by atomic mass is 32.2. The van der Waals surface area contributed by atoms with Gasteiger partial charge >= 0.3 is 5.30 Å². The van der Waals surface area contributed by atoms with Crippen molar-refractivity contribution in [1.82, 2.24) is 10.3 Å². The van der Waals surface area contributed by atoms with Crippen molar-refractivity contribution in [3.63, 3.8) is 0 Å². The number of hydrogen-bond donors (Lipinski definition) is 3. The van der Waals surface area contributed by atoms with Crippen LogP contribution >= 0.6 is 11.9 Å². The molecule has 0 aliphatic heterocycles. The Morgan fingerprint density at radius 3 is 2.38 bits per heavy atom. The SMILES string of the molecule is CNNSC(=O)OCS(=O)(=O)c1ccc(NC(C)=O)cc1. The summed E-state index contributed by atoms with van der Waals surface area (Å²) in [5.74, 6) is -1.02. The van der Waals surface area contributed by atoms with Gasteiger partial charge in [0.2, 0.25) is 15.7 Å². The molecule has 0 aliphatic rings. The van der Waals surface area contributed by atoms with Gasteiger partial charge in [-0.05, 0) is 31.3 Å². The van der Waals surface area contributed by atoms with Crippen LogP contribution in [-0.2, 0) is 19.4 Å². The number of nitrogens with one attached hydrogen (secondary N) is 3. The monoisotopic (exact) mass is 333 g/mol. The van der Waals surface area contributed by atoms with E-state index in [2.05, 4.69) is 20.3 Å². The molecule has 0 atom stereocenters. The van der Waals surface area contributed by atoms with Gasteiger partial charge in [-0.25, -0.2) is 13.2 Å². The highest BCUT2D eigenvalue weighted by molar-refractivity contribution is 8.11. The second-order valence-electron chi connectivity index (χ2n) is 3.79. The molecule has 21 heavy (non-hydrogen) atoms. The standard InChI is InChI=1S/C11H15N3O5S2/c1-8(15)13-9-3-5-10(6-4-9)21(17,18)7-19-11(16)20-14-12-2/h3-6,12,14H,7H2,1-2H3,(H,13,15). The maximum absolute atomic E-state index is 11.9. The molecule has 0 bridgehead atoms. The molecule has 116 valence electrons. The molecule has 1 aromatic rings. The van der Waals surface area contributed by atoms with Gasteiger partial charge in [0.25, 0.3) is 0 Å². The molecule has 1 amide bonds. The van der Waals surface area contributed by atoms with Gasteiger partial charge in [0.15, 0.2) is 5.94 Å². The predicted molar refractivity (Wildman–Crippen MR) is 79.1 cm³/mol. The fraction of sp³-hybridized carbons (Fsp3) is 0.273. The van der Waals surface area contributed by atoms with Gasteiger partial charge in [-0.3, -0.25) is 10.2 Å². The van der Waals surface area contributed by atoms with Gasteiger partial charge in [0, 0.05) is 12.6 Å². The average molecular weight is 333 g/mol. The van der Waals surface area contributed by atoms with Gasteiger partial charge < -0.3 is 10.1 Å². The summed E-state index contributed by atoms with van der Waals surface area (Å²) in [4.78, 5) is 24.4. The van der Waals surface area contributed by atoms with Crippen molar-refractivity contribution in [3.05, 3.63) is 24.3 Å². The molecule has 10 heteroatoms. The van der Waals surface area contributed by atoms with E-state index in [0.29, 0.717) is 17.6 Å². The number of amides is 1. The number of carbonyl (C=O) groups is 2. The summed E-state index contributed by atoms with van der Waals surface area (Å²) in [5.41, 5.74) is 2.96. The minimum Gasteiger partial charge on any atom is -0.440 e. The molecule has 8 nitrogen and oxygen atoms in total. The molecule has 0 heterocycles. The van der Waals surface area contributed by atoms with Crippen LogP contribution in [0.4, 0.5) is 10.5 Å². The molecule has 0 fully saturated rings. The number of hydrazine groups is 1. The molecule has 1 rings (SSSR count). The zero-order chi connectivity index (χ0) is 15.9. The summed E-state index contributed by atoms with van der Waals surface area (Å²) < 4.78 is 28.5. The molecule has 0 saturated carbocycles. The first-order chi connectivity index (χ1) is 9.85. The lowest BCUT2D eigenvalue weighted by Gasteiger charge is -2.07. The first-order valence-electron chi connectivity index (χ1n) is 5.71. The maximum Gasteiger partial charge on any atom is 0.384 e. The number of hydrogen-bond acceptors (Lipinski definition) is 8. The van der Waals surface area contributed by atoms with Crippen LogP contribution < -0.4 is 15.6 Å². The molecule has 0 radical (unpaired) electrons. The number of sulfone groups is 1. The third kappa shape index (κ3) is 6.12. The first kappa shape index (κ1) is 17.4. The van der Waals surface area contributed by atoms with Gasteiger partial charge in [-0.1, -0.05) is 0 Å². The molecule has 3 N–H and O–H groups in total. The lowest BCUT2D eigenvalue weighted by atomic mass is 10.3. The topological polar surface area (TPSA) is 114 Å². The van der Waals surface area contributed by atoms with Crippen LogP contribution in [-0.4, -0.2) is 32.6 Å². The summed E-state index contributed by atoms with van der Waals surface area (Å²) in [6.07, 6.45) is 0. The van der Waals surface area contributed by atoms with Crippen LogP contribution in [0, 0.1) is 0 Å². The first-order valence-corrected chi connectivity index (χ1v) is 8.18. The van der Waals surface area contributed by atoms with Crippen molar-refractivity contribution in [3.8, 4) is 0 Å². The van der Waals surface area contributed by atoms with Gasteiger partial charge in [0.1, 0.15) is 0 Å². The van der Waals surface area contributed by atoms with Crippen molar-refractivity contribution in [2.24, 2.45) is 0 Å². The lowest BCUT2D eigenvalue weighted by Crippen LogP contribution is -2.23. The lowest BCUT2D eigenvalue weighted by molar-refractivity contribution is -0.114. The van der Waals surface area contributed by atoms with Crippen LogP contribution in [0.5, 0.6) is 0 Å². The summed E-state index contributed by atoms with van der Waals surface area (Å²) in [6.45, 7) is 1.35. The Bertz CT molecular complexity index is 601. The van der Waals surface area contributed by atoms with Gasteiger partial charge in [0.05, 0.1) is 16.8 Å². The molecule has 0 aliphatic carbocycles. The van der Waals surface area contributed by atoms with E-state index in [1.165, 1.54) is 31.2 Å². The highest BCUT2D eigenvalue weighted by Crippen LogP contribution is 2.16. The van der Waals surface area contributed by atoms with E-state index in [9.17, 15) is 18.0 Å². The van der Waals surface area contributed by atoms with E-state index in [1.54, 1.807) is 7.05 Å². The minimum absolute atomic E-state index is 0.00372. The smallest absolute Gasteiger partial charge is 0.384 e. The Morgan fingerprint density at radius 2 is 1.86 bits per heavy atom. The zero-order valence-corrected chi connectivity index (χ0v) is 13.0. The summed E-state index contributed by atoms with van der Waals surface area (Å²) >= 11 is 0.587. The van der Waals surface area contributed by atoms with Crippen LogP contribution in [0.15, 0.2) is 29.2 Å². The third-order valence-electron chi connectivity index (χ3n) is 2.10. The van der Waals surface area contributed by atoms with Crippen molar-refractivity contribution >= 4 is 38.7 Å². The second-order valence-corrected chi connectivity index (χ2v) is 6.46. The molecule has 0 unspecified atom stereocenters. The number of carbonyl (C=O) groups excluding carboxylic acids is 2. The molecule has 0 saturated heterocycles. The van der Waals surface area contributed by atoms with E-state index < -0.39 is 21.1 Å². The largest absolute Gasteiger partial charge is 0.440 e. The Balaban J connectivity index is 2.65. The normalized spacial score (nSPS) is 11.0. The van der Waals surface area contributed by atoms with Crippen molar-refractivity contribution < 1.29 is 22.7 Å². The van der Waals surface area contributed by atoms with E-state index >= 15 is 0 Å². The summed E-state index contributed by atoms with van der Waals surface area (Å²) in [7, 11) is -2.19. The number of rotatable bonds is 6. The maximum atomic E-state index is 11.9. The van der Waals surface area contributed by atoms with Crippen molar-refractivity contribution in [2.75, 3.05) is 18.3 Å². The van der Waals surface area contributed by atoms with E-state index in [-0.39, 0.29) is 10.8 Å². The van der Waals surface area contributed by atoms with Gasteiger partial charge in [-0.15, -0.1) is 0 Å². The Morgan fingerprint density at radius 1 is 1.24 bits per heavy atom. The fourth-order valence-electron chi connectivity index (χ4n) is 1.26. The quantitative estimate of drug-likeness (QED) is 0.399. The predicted octanol–water partition coefficient (Wildman–Crippen LogP) is 0.885. The molecular formula is C11H15N3O5S2. The molecule has 0 spiro atoms. The molecular weight excluding hydrogens is 318 g/mol. The number of ether oxygens (including phenoxy) is 1. The van der Waals surface area contributed by atoms with E-state index in [0.717, 1.165) is 0 Å². The number of benzene rings is 1. The Kier molecular flexibility index (Phi) is 6.62. The third-order valence-corrected chi connectivity index (χ3v) is 4.11. The number of anilines is 1. The molecule has 0 aromatic heterocycles. The van der Waals surface area contributed by atoms with Crippen molar-refractivity contribution in [2.45, 2.75) is 11.8 Å². The second kappa shape index (κ2) is 7.98. The summed E-state index contributed by atoms with van der Waals surface area (Å²) in [5, 5.41) is 1.74. The van der Waals surface area contributed by atoms with Crippen LogP contribution in [0.1, 0.15) is 6.92 Å². The average Bonchev–Trinajstić information content (AvgIpc) is 2.43. The Hall–Kier alpha value is -1.62. The van der Waals surface area contributed by atoms with E-state index in [4.69, 9.17) is 0 Å². The Labute approximate surface area is 126 Å². The summed E-state index contributed by atoms with van der Waals surface area (Å²) in [6, 6.07) is 5.56. The van der Waals surface area contributed by atoms with Crippen LogP contribution in [0.3, 0.4) is 0 Å². The fourth-order valence-corrected chi connectivity index (χ4v) is 2.59. The van der Waals surface area contributed by atoms with Crippen molar-refractivity contribution in [1.29, 1.82) is 0 Å². The van der Waals surface area contributed by atoms with Gasteiger partial charge in [-0.2, -0.15) is 4.83 Å².